The van der Waals surface area contributed by atoms with Crippen LogP contribution in [0.25, 0.3) is 11.1 Å². The minimum absolute atomic E-state index is 0.171. The van der Waals surface area contributed by atoms with Crippen LogP contribution in [0.4, 0.5) is 4.39 Å². The van der Waals surface area contributed by atoms with Crippen molar-refractivity contribution in [3.05, 3.63) is 101 Å². The van der Waals surface area contributed by atoms with Crippen LogP contribution in [0.15, 0.2) is 87.5 Å². The van der Waals surface area contributed by atoms with Crippen LogP contribution in [0.2, 0.25) is 0 Å². The maximum absolute atomic E-state index is 13.7. The van der Waals surface area contributed by atoms with Crippen molar-refractivity contribution in [1.82, 2.24) is 14.5 Å². The Balaban J connectivity index is 1.82. The molecule has 2 heterocycles. The van der Waals surface area contributed by atoms with Gasteiger partial charge in [0.05, 0.1) is 10.9 Å². The molecule has 0 saturated carbocycles. The number of unbranched alkanes of at least 4 members (excludes halogenated alkanes) is 1. The summed E-state index contributed by atoms with van der Waals surface area (Å²) in [6.45, 7) is 3.79. The van der Waals surface area contributed by atoms with Crippen LogP contribution in [-0.2, 0) is 16.3 Å². The lowest BCUT2D eigenvalue weighted by Crippen LogP contribution is -2.32. The quantitative estimate of drug-likeness (QED) is 0.339. The molecule has 0 unspecified atom stereocenters. The lowest BCUT2D eigenvalue weighted by atomic mass is 10.1. The SMILES string of the molecule is CCCCc1nc(O)c(S(=O)(=O)c2ccc(-c3ccc(F)nc3)cc2)c(=O)n1[C@@H](C)c1ccccc1. The number of hydrogen-bond donors (Lipinski definition) is 1. The largest absolute Gasteiger partial charge is 0.492 e. The van der Waals surface area contributed by atoms with Crippen molar-refractivity contribution < 1.29 is 17.9 Å². The Bertz CT molecular complexity index is 1520. The molecule has 2 aromatic carbocycles. The van der Waals surface area contributed by atoms with Crippen molar-refractivity contribution in [2.45, 2.75) is 48.9 Å². The molecule has 0 fully saturated rings. The Kier molecular flexibility index (Phi) is 7.30. The van der Waals surface area contributed by atoms with Crippen molar-refractivity contribution in [2.75, 3.05) is 0 Å². The molecule has 36 heavy (non-hydrogen) atoms. The highest BCUT2D eigenvalue weighted by Crippen LogP contribution is 2.29. The van der Waals surface area contributed by atoms with Crippen molar-refractivity contribution in [1.29, 1.82) is 0 Å². The van der Waals surface area contributed by atoms with Crippen molar-refractivity contribution in [3.8, 4) is 17.0 Å². The summed E-state index contributed by atoms with van der Waals surface area (Å²) in [5.74, 6) is -1.10. The normalized spacial score (nSPS) is 12.4. The number of pyridine rings is 1. The number of rotatable bonds is 8. The van der Waals surface area contributed by atoms with Gasteiger partial charge in [-0.1, -0.05) is 55.8 Å². The van der Waals surface area contributed by atoms with Crippen molar-refractivity contribution >= 4 is 9.84 Å². The first-order chi connectivity index (χ1) is 17.2. The van der Waals surface area contributed by atoms with Gasteiger partial charge in [-0.15, -0.1) is 0 Å². The molecule has 0 aliphatic carbocycles. The molecule has 4 aromatic rings. The highest BCUT2D eigenvalue weighted by Gasteiger charge is 2.31. The summed E-state index contributed by atoms with van der Waals surface area (Å²) in [5, 5.41) is 10.7. The Morgan fingerprint density at radius 3 is 2.28 bits per heavy atom. The maximum Gasteiger partial charge on any atom is 0.277 e. The molecular weight excluding hydrogens is 481 g/mol. The number of benzene rings is 2. The van der Waals surface area contributed by atoms with Gasteiger partial charge in [0.2, 0.25) is 21.7 Å². The summed E-state index contributed by atoms with van der Waals surface area (Å²) in [7, 11) is -4.40. The number of halogens is 1. The summed E-state index contributed by atoms with van der Waals surface area (Å²) >= 11 is 0. The fraction of sp³-hybridized carbons (Fsp3) is 0.222. The number of nitrogens with zero attached hydrogens (tertiary/aromatic N) is 3. The van der Waals surface area contributed by atoms with E-state index in [1.165, 1.54) is 47.2 Å². The van der Waals surface area contributed by atoms with Crippen molar-refractivity contribution in [3.63, 3.8) is 0 Å². The first-order valence-corrected chi connectivity index (χ1v) is 13.1. The van der Waals surface area contributed by atoms with Gasteiger partial charge in [0.15, 0.2) is 4.90 Å². The second-order valence-electron chi connectivity index (χ2n) is 8.44. The molecule has 0 amide bonds. The number of sulfone groups is 1. The van der Waals surface area contributed by atoms with E-state index in [9.17, 15) is 22.7 Å². The average Bonchev–Trinajstić information content (AvgIpc) is 2.88. The zero-order valence-electron chi connectivity index (χ0n) is 19.9. The topological polar surface area (TPSA) is 102 Å². The first kappa shape index (κ1) is 25.2. The number of hydrogen-bond acceptors (Lipinski definition) is 6. The van der Waals surface area contributed by atoms with Gasteiger partial charge in [0.1, 0.15) is 5.82 Å². The molecular formula is C27H26FN3O4S. The minimum Gasteiger partial charge on any atom is -0.492 e. The van der Waals surface area contributed by atoms with Crippen LogP contribution < -0.4 is 5.56 Å². The van der Waals surface area contributed by atoms with Gasteiger partial charge in [0.25, 0.3) is 5.56 Å². The zero-order valence-corrected chi connectivity index (χ0v) is 20.7. The van der Waals surface area contributed by atoms with Gasteiger partial charge in [-0.25, -0.2) is 13.4 Å². The van der Waals surface area contributed by atoms with E-state index < -0.39 is 38.2 Å². The Labute approximate surface area is 208 Å². The van der Waals surface area contributed by atoms with Gasteiger partial charge >= 0.3 is 0 Å². The minimum atomic E-state index is -4.40. The van der Waals surface area contributed by atoms with Crippen molar-refractivity contribution in [2.24, 2.45) is 0 Å². The van der Waals surface area contributed by atoms with E-state index in [-0.39, 0.29) is 4.90 Å². The Morgan fingerprint density at radius 1 is 1.00 bits per heavy atom. The van der Waals surface area contributed by atoms with Gasteiger partial charge in [-0.3, -0.25) is 9.36 Å². The molecule has 4 rings (SSSR count). The van der Waals surface area contributed by atoms with E-state index in [1.54, 1.807) is 6.92 Å². The van der Waals surface area contributed by atoms with E-state index >= 15 is 0 Å². The van der Waals surface area contributed by atoms with E-state index in [0.29, 0.717) is 23.4 Å². The summed E-state index contributed by atoms with van der Waals surface area (Å²) < 4.78 is 41.5. The van der Waals surface area contributed by atoms with Gasteiger partial charge in [-0.05, 0) is 48.7 Å². The van der Waals surface area contributed by atoms with Crippen LogP contribution in [0, 0.1) is 5.95 Å². The van der Waals surface area contributed by atoms with Crippen LogP contribution in [0.3, 0.4) is 0 Å². The van der Waals surface area contributed by atoms with Crippen LogP contribution in [0.5, 0.6) is 5.88 Å². The van der Waals surface area contributed by atoms with E-state index in [2.05, 4.69) is 9.97 Å². The fourth-order valence-electron chi connectivity index (χ4n) is 4.07. The molecule has 1 atom stereocenters. The number of aromatic hydroxyl groups is 1. The standard InChI is InChI=1S/C27H26FN3O4S/c1-3-4-10-24-30-26(32)25(27(33)31(24)18(2)19-8-6-5-7-9-19)36(34,35)22-14-11-20(12-15-22)21-13-16-23(28)29-17-21/h5-9,11-18,32H,3-4,10H2,1-2H3/t18-/m0/s1. The third kappa shape index (κ3) is 4.92. The highest BCUT2D eigenvalue weighted by molar-refractivity contribution is 7.91. The summed E-state index contributed by atoms with van der Waals surface area (Å²) in [5.41, 5.74) is 1.21. The number of aromatic nitrogens is 3. The highest BCUT2D eigenvalue weighted by atomic mass is 32.2. The third-order valence-corrected chi connectivity index (χ3v) is 7.83. The predicted octanol–water partition coefficient (Wildman–Crippen LogP) is 4.93. The second-order valence-corrected chi connectivity index (χ2v) is 10.3. The summed E-state index contributed by atoms with van der Waals surface area (Å²) in [6.07, 6.45) is 3.32. The van der Waals surface area contributed by atoms with E-state index in [0.717, 1.165) is 18.4 Å². The second kappa shape index (κ2) is 10.4. The maximum atomic E-state index is 13.7. The summed E-state index contributed by atoms with van der Waals surface area (Å²) in [4.78, 5) is 20.5. The Morgan fingerprint density at radius 2 is 1.67 bits per heavy atom. The van der Waals surface area contributed by atoms with E-state index in [4.69, 9.17) is 0 Å². The lowest BCUT2D eigenvalue weighted by Gasteiger charge is -2.21. The molecule has 0 spiro atoms. The van der Waals surface area contributed by atoms with Crippen LogP contribution >= 0.6 is 0 Å². The zero-order chi connectivity index (χ0) is 25.9. The summed E-state index contributed by atoms with van der Waals surface area (Å²) in [6, 6.07) is 17.2. The van der Waals surface area contributed by atoms with Gasteiger partial charge in [0, 0.05) is 18.2 Å². The molecule has 1 N–H and O–H groups in total. The van der Waals surface area contributed by atoms with Gasteiger partial charge < -0.3 is 5.11 Å². The monoisotopic (exact) mass is 507 g/mol. The molecule has 0 radical (unpaired) electrons. The predicted molar refractivity (Wildman–Crippen MR) is 134 cm³/mol. The van der Waals surface area contributed by atoms with E-state index in [1.807, 2.05) is 37.3 Å². The molecule has 186 valence electrons. The molecule has 0 aliphatic heterocycles. The Hall–Kier alpha value is -3.85. The van der Waals surface area contributed by atoms with Gasteiger partial charge in [-0.2, -0.15) is 9.37 Å². The third-order valence-electron chi connectivity index (χ3n) is 6.05. The molecule has 7 nitrogen and oxygen atoms in total. The molecule has 0 bridgehead atoms. The number of aryl methyl sites for hydroxylation is 1. The molecule has 9 heteroatoms. The molecule has 0 saturated heterocycles. The smallest absolute Gasteiger partial charge is 0.277 e. The van der Waals surface area contributed by atoms with Crippen LogP contribution in [-0.4, -0.2) is 28.1 Å². The average molecular weight is 508 g/mol. The molecule has 0 aliphatic rings. The molecule has 2 aromatic heterocycles. The fourth-order valence-corrected chi connectivity index (χ4v) is 5.41. The first-order valence-electron chi connectivity index (χ1n) is 11.6. The lowest BCUT2D eigenvalue weighted by molar-refractivity contribution is 0.412. The van der Waals surface area contributed by atoms with Crippen LogP contribution in [0.1, 0.15) is 44.1 Å².